The maximum atomic E-state index is 10.9. The van der Waals surface area contributed by atoms with E-state index < -0.39 is 17.0 Å². The first-order chi connectivity index (χ1) is 5.61. The lowest BCUT2D eigenvalue weighted by atomic mass is 10.6. The van der Waals surface area contributed by atoms with Crippen LogP contribution in [-0.2, 0) is 11.3 Å². The summed E-state index contributed by atoms with van der Waals surface area (Å²) in [5.41, 5.74) is 3.08. The van der Waals surface area contributed by atoms with E-state index in [4.69, 9.17) is 5.73 Å². The molecular weight excluding hydrogens is 164 g/mol. The number of aromatic nitrogens is 3. The lowest BCUT2D eigenvalue weighted by Gasteiger charge is -1.97. The summed E-state index contributed by atoms with van der Waals surface area (Å²) in [4.78, 5) is 31.8. The molecule has 7 heteroatoms. The van der Waals surface area contributed by atoms with Gasteiger partial charge in [0.05, 0.1) is 0 Å². The molecule has 0 aliphatic heterocycles. The molecule has 0 aromatic carbocycles. The molecule has 1 amide bonds. The Morgan fingerprint density at radius 3 is 2.92 bits per heavy atom. The number of primary amides is 1. The molecule has 1 heterocycles. The first-order valence-electron chi connectivity index (χ1n) is 3.03. The van der Waals surface area contributed by atoms with Crippen LogP contribution < -0.4 is 16.9 Å². The molecule has 0 spiro atoms. The first-order valence-corrected chi connectivity index (χ1v) is 3.03. The largest absolute Gasteiger partial charge is 0.368 e. The Hall–Kier alpha value is -1.92. The molecule has 1 rings (SSSR count). The van der Waals surface area contributed by atoms with Gasteiger partial charge in [0.25, 0.3) is 0 Å². The Morgan fingerprint density at radius 2 is 2.33 bits per heavy atom. The van der Waals surface area contributed by atoms with Crippen molar-refractivity contribution in [3.8, 4) is 0 Å². The van der Waals surface area contributed by atoms with Crippen molar-refractivity contribution in [2.24, 2.45) is 5.73 Å². The first kappa shape index (κ1) is 8.18. The van der Waals surface area contributed by atoms with Gasteiger partial charge in [-0.25, -0.2) is 5.10 Å². The van der Waals surface area contributed by atoms with Gasteiger partial charge in [0.1, 0.15) is 12.9 Å². The van der Waals surface area contributed by atoms with Crippen LogP contribution in [-0.4, -0.2) is 20.7 Å². The van der Waals surface area contributed by atoms with Gasteiger partial charge in [-0.15, -0.1) is 0 Å². The molecular formula is C5H6N4O3. The number of hydrogen-bond donors (Lipinski definition) is 2. The fourth-order valence-corrected chi connectivity index (χ4v) is 0.668. The predicted molar refractivity (Wildman–Crippen MR) is 38.3 cm³/mol. The van der Waals surface area contributed by atoms with E-state index in [2.05, 4.69) is 5.10 Å². The van der Waals surface area contributed by atoms with Crippen LogP contribution in [0.25, 0.3) is 0 Å². The number of hydrogen-bond acceptors (Lipinski definition) is 4. The summed E-state index contributed by atoms with van der Waals surface area (Å²) < 4.78 is 0.834. The number of aromatic amines is 1. The summed E-state index contributed by atoms with van der Waals surface area (Å²) in [6, 6.07) is 0. The highest BCUT2D eigenvalue weighted by atomic mass is 16.2. The molecule has 0 saturated carbocycles. The van der Waals surface area contributed by atoms with Gasteiger partial charge in [0, 0.05) is 0 Å². The van der Waals surface area contributed by atoms with E-state index in [0.29, 0.717) is 0 Å². The average molecular weight is 170 g/mol. The average Bonchev–Trinajstić information content (AvgIpc) is 1.98. The summed E-state index contributed by atoms with van der Waals surface area (Å²) in [7, 11) is 0. The summed E-state index contributed by atoms with van der Waals surface area (Å²) in [6.07, 6.45) is 1.04. The highest BCUT2D eigenvalue weighted by Crippen LogP contribution is 1.70. The Balaban J connectivity index is 3.18. The molecule has 0 aliphatic carbocycles. The minimum atomic E-state index is -0.876. The zero-order chi connectivity index (χ0) is 9.14. The fraction of sp³-hybridized carbons (Fsp3) is 0.200. The van der Waals surface area contributed by atoms with Gasteiger partial charge >= 0.3 is 11.1 Å². The van der Waals surface area contributed by atoms with Crippen molar-refractivity contribution >= 4 is 5.91 Å². The third kappa shape index (κ3) is 1.57. The highest BCUT2D eigenvalue weighted by Gasteiger charge is 2.01. The van der Waals surface area contributed by atoms with Crippen molar-refractivity contribution in [3.05, 3.63) is 27.0 Å². The molecule has 7 nitrogen and oxygen atoms in total. The lowest BCUT2D eigenvalue weighted by Crippen LogP contribution is -2.39. The summed E-state index contributed by atoms with van der Waals surface area (Å²) in [5, 5.41) is 5.24. The number of nitrogens with two attached hydrogens (primary N) is 1. The molecule has 0 aliphatic rings. The molecule has 1 aromatic heterocycles. The number of carbonyl (C=O) groups is 1. The quantitative estimate of drug-likeness (QED) is 0.474. The van der Waals surface area contributed by atoms with Crippen molar-refractivity contribution < 1.29 is 4.79 Å². The number of carbonyl (C=O) groups excluding carboxylic acids is 1. The third-order valence-corrected chi connectivity index (χ3v) is 1.14. The van der Waals surface area contributed by atoms with Gasteiger partial charge in [0.2, 0.25) is 5.91 Å². The zero-order valence-electron chi connectivity index (χ0n) is 5.98. The SMILES string of the molecule is NC(=O)Cn1cn[nH]c(=O)c1=O. The van der Waals surface area contributed by atoms with Crippen LogP contribution in [0.15, 0.2) is 15.9 Å². The molecule has 0 atom stereocenters. The van der Waals surface area contributed by atoms with E-state index in [1.54, 1.807) is 0 Å². The Kier molecular flexibility index (Phi) is 2.04. The molecule has 64 valence electrons. The second-order valence-corrected chi connectivity index (χ2v) is 2.08. The van der Waals surface area contributed by atoms with Crippen molar-refractivity contribution in [3.63, 3.8) is 0 Å². The van der Waals surface area contributed by atoms with Crippen LogP contribution in [0.4, 0.5) is 0 Å². The molecule has 1 aromatic rings. The van der Waals surface area contributed by atoms with Crippen molar-refractivity contribution in [1.82, 2.24) is 14.8 Å². The van der Waals surface area contributed by atoms with Crippen LogP contribution in [0.2, 0.25) is 0 Å². The Labute approximate surface area is 65.8 Å². The van der Waals surface area contributed by atoms with Gasteiger partial charge < -0.3 is 5.73 Å². The molecule has 0 fully saturated rings. The van der Waals surface area contributed by atoms with Crippen molar-refractivity contribution in [1.29, 1.82) is 0 Å². The zero-order valence-corrected chi connectivity index (χ0v) is 5.98. The fourth-order valence-electron chi connectivity index (χ4n) is 0.668. The van der Waals surface area contributed by atoms with Gasteiger partial charge in [0.15, 0.2) is 0 Å². The van der Waals surface area contributed by atoms with E-state index in [1.807, 2.05) is 5.10 Å². The van der Waals surface area contributed by atoms with Gasteiger partial charge in [-0.2, -0.15) is 5.10 Å². The van der Waals surface area contributed by atoms with E-state index in [9.17, 15) is 14.4 Å². The number of nitrogens with zero attached hydrogens (tertiary/aromatic N) is 2. The number of nitrogens with one attached hydrogen (secondary N) is 1. The second-order valence-electron chi connectivity index (χ2n) is 2.08. The maximum absolute atomic E-state index is 10.9. The summed E-state index contributed by atoms with van der Waals surface area (Å²) >= 11 is 0. The summed E-state index contributed by atoms with van der Waals surface area (Å²) in [6.45, 7) is -0.338. The molecule has 0 saturated heterocycles. The normalized spacial score (nSPS) is 9.67. The highest BCUT2D eigenvalue weighted by molar-refractivity contribution is 5.73. The van der Waals surface area contributed by atoms with Crippen LogP contribution >= 0.6 is 0 Å². The van der Waals surface area contributed by atoms with E-state index in [-0.39, 0.29) is 6.54 Å². The van der Waals surface area contributed by atoms with Gasteiger partial charge in [-0.3, -0.25) is 19.0 Å². The van der Waals surface area contributed by atoms with Crippen molar-refractivity contribution in [2.75, 3.05) is 0 Å². The Bertz CT molecular complexity index is 404. The minimum absolute atomic E-state index is 0.338. The molecule has 3 N–H and O–H groups in total. The maximum Gasteiger partial charge on any atom is 0.330 e. The number of H-pyrrole nitrogens is 1. The smallest absolute Gasteiger partial charge is 0.330 e. The minimum Gasteiger partial charge on any atom is -0.368 e. The topological polar surface area (TPSA) is 111 Å². The number of amides is 1. The molecule has 12 heavy (non-hydrogen) atoms. The van der Waals surface area contributed by atoms with Gasteiger partial charge in [-0.1, -0.05) is 0 Å². The standard InChI is InChI=1S/C5H6N4O3/c6-3(10)1-9-2-7-8-4(11)5(9)12/h2H,1H2,(H2,6,10)(H,8,11). The van der Waals surface area contributed by atoms with Crippen LogP contribution in [0.1, 0.15) is 0 Å². The molecule has 0 bridgehead atoms. The second kappa shape index (κ2) is 2.99. The van der Waals surface area contributed by atoms with Gasteiger partial charge in [-0.05, 0) is 0 Å². The van der Waals surface area contributed by atoms with Crippen molar-refractivity contribution in [2.45, 2.75) is 6.54 Å². The van der Waals surface area contributed by atoms with Crippen LogP contribution in [0.3, 0.4) is 0 Å². The van der Waals surface area contributed by atoms with E-state index in [0.717, 1.165) is 10.9 Å². The molecule has 0 radical (unpaired) electrons. The monoisotopic (exact) mass is 170 g/mol. The Morgan fingerprint density at radius 1 is 1.67 bits per heavy atom. The predicted octanol–water partition coefficient (Wildman–Crippen LogP) is -2.58. The molecule has 0 unspecified atom stereocenters. The van der Waals surface area contributed by atoms with E-state index in [1.165, 1.54) is 0 Å². The lowest BCUT2D eigenvalue weighted by molar-refractivity contribution is -0.118. The number of rotatable bonds is 2. The van der Waals surface area contributed by atoms with Crippen LogP contribution in [0, 0.1) is 0 Å². The third-order valence-electron chi connectivity index (χ3n) is 1.14. The van der Waals surface area contributed by atoms with E-state index >= 15 is 0 Å². The van der Waals surface area contributed by atoms with Crippen LogP contribution in [0.5, 0.6) is 0 Å². The summed E-state index contributed by atoms with van der Waals surface area (Å²) in [5.74, 6) is -0.704.